The number of nitrogens with one attached hydrogen (secondary N) is 1. The van der Waals surface area contributed by atoms with E-state index < -0.39 is 0 Å². The number of amides is 1. The van der Waals surface area contributed by atoms with E-state index in [4.69, 9.17) is 0 Å². The third-order valence-corrected chi connectivity index (χ3v) is 4.52. The Bertz CT molecular complexity index is 687. The van der Waals surface area contributed by atoms with Gasteiger partial charge in [0.1, 0.15) is 12.1 Å². The van der Waals surface area contributed by atoms with Crippen LogP contribution in [0.2, 0.25) is 0 Å². The highest BCUT2D eigenvalue weighted by atomic mass is 16.1. The van der Waals surface area contributed by atoms with Gasteiger partial charge in [0.15, 0.2) is 5.82 Å². The third kappa shape index (κ3) is 3.39. The Morgan fingerprint density at radius 2 is 2.08 bits per heavy atom. The number of hydrogen-bond acceptors (Lipinski definition) is 5. The molecule has 2 aromatic rings. The Kier molecular flexibility index (Phi) is 4.78. The van der Waals surface area contributed by atoms with Crippen molar-refractivity contribution in [3.05, 3.63) is 36.0 Å². The van der Waals surface area contributed by atoms with E-state index in [0.717, 1.165) is 24.5 Å². The molecule has 24 heavy (non-hydrogen) atoms. The van der Waals surface area contributed by atoms with Gasteiger partial charge in [-0.1, -0.05) is 12.8 Å². The zero-order valence-corrected chi connectivity index (χ0v) is 14.4. The molecule has 1 fully saturated rings. The largest absolute Gasteiger partial charge is 0.363 e. The molecule has 1 aliphatic carbocycles. The summed E-state index contributed by atoms with van der Waals surface area (Å²) in [7, 11) is 3.83. The van der Waals surface area contributed by atoms with Crippen LogP contribution < -0.4 is 10.2 Å². The van der Waals surface area contributed by atoms with Gasteiger partial charge in [0.2, 0.25) is 0 Å². The number of anilines is 1. The average molecular weight is 328 g/mol. The fraction of sp³-hybridized carbons (Fsp3) is 0.529. The molecule has 128 valence electrons. The van der Waals surface area contributed by atoms with Gasteiger partial charge in [-0.25, -0.2) is 4.98 Å². The van der Waals surface area contributed by atoms with Crippen LogP contribution in [0.1, 0.15) is 60.9 Å². The van der Waals surface area contributed by atoms with Crippen LogP contribution in [-0.2, 0) is 0 Å². The first-order chi connectivity index (χ1) is 11.6. The first-order valence-corrected chi connectivity index (χ1v) is 8.40. The summed E-state index contributed by atoms with van der Waals surface area (Å²) in [6.45, 7) is 1.94. The zero-order valence-electron chi connectivity index (χ0n) is 14.4. The summed E-state index contributed by atoms with van der Waals surface area (Å²) >= 11 is 0. The molecule has 1 aliphatic rings. The van der Waals surface area contributed by atoms with E-state index in [0.29, 0.717) is 11.6 Å². The van der Waals surface area contributed by atoms with Gasteiger partial charge in [0.05, 0.1) is 11.6 Å². The normalized spacial score (nSPS) is 16.1. The maximum atomic E-state index is 12.4. The highest BCUT2D eigenvalue weighted by Crippen LogP contribution is 2.31. The molecular weight excluding hydrogens is 304 g/mol. The summed E-state index contributed by atoms with van der Waals surface area (Å²) < 4.78 is 2.12. The van der Waals surface area contributed by atoms with Crippen LogP contribution in [0.5, 0.6) is 0 Å². The van der Waals surface area contributed by atoms with Crippen molar-refractivity contribution in [2.24, 2.45) is 0 Å². The van der Waals surface area contributed by atoms with E-state index >= 15 is 0 Å². The van der Waals surface area contributed by atoms with Crippen molar-refractivity contribution in [2.75, 3.05) is 19.0 Å². The van der Waals surface area contributed by atoms with Gasteiger partial charge >= 0.3 is 0 Å². The van der Waals surface area contributed by atoms with Crippen molar-refractivity contribution in [3.63, 3.8) is 0 Å². The van der Waals surface area contributed by atoms with Gasteiger partial charge in [0, 0.05) is 26.3 Å². The summed E-state index contributed by atoms with van der Waals surface area (Å²) in [6.07, 6.45) is 8.17. The predicted molar refractivity (Wildman–Crippen MR) is 92.0 cm³/mol. The summed E-state index contributed by atoms with van der Waals surface area (Å²) in [6, 6.07) is 3.87. The Labute approximate surface area is 142 Å². The van der Waals surface area contributed by atoms with Crippen LogP contribution in [0.15, 0.2) is 24.7 Å². The smallest absolute Gasteiger partial charge is 0.253 e. The van der Waals surface area contributed by atoms with Crippen LogP contribution in [0.4, 0.5) is 5.82 Å². The maximum absolute atomic E-state index is 12.4. The standard InChI is InChI=1S/C17H24N6O/c1-12(16-21-19-11-23(16)14-6-4-5-7-14)20-17(24)13-8-9-15(18-10-13)22(2)3/h8-12,14H,4-7H2,1-3H3,(H,20,24)/t12-/m1/s1. The molecule has 7 nitrogen and oxygen atoms in total. The lowest BCUT2D eigenvalue weighted by Gasteiger charge is -2.19. The Morgan fingerprint density at radius 1 is 1.33 bits per heavy atom. The van der Waals surface area contributed by atoms with Crippen LogP contribution in [0.25, 0.3) is 0 Å². The van der Waals surface area contributed by atoms with E-state index in [1.54, 1.807) is 18.6 Å². The molecule has 3 rings (SSSR count). The van der Waals surface area contributed by atoms with Crippen molar-refractivity contribution in [1.29, 1.82) is 0 Å². The Balaban J connectivity index is 1.69. The van der Waals surface area contributed by atoms with Crippen LogP contribution in [-0.4, -0.2) is 39.8 Å². The lowest BCUT2D eigenvalue weighted by Crippen LogP contribution is -2.29. The van der Waals surface area contributed by atoms with Gasteiger partial charge < -0.3 is 14.8 Å². The first-order valence-electron chi connectivity index (χ1n) is 8.40. The number of hydrogen-bond donors (Lipinski definition) is 1. The minimum Gasteiger partial charge on any atom is -0.363 e. The minimum absolute atomic E-state index is 0.152. The summed E-state index contributed by atoms with van der Waals surface area (Å²) in [5.41, 5.74) is 0.541. The molecule has 0 radical (unpaired) electrons. The maximum Gasteiger partial charge on any atom is 0.253 e. The van der Waals surface area contributed by atoms with Gasteiger partial charge in [-0.15, -0.1) is 10.2 Å². The minimum atomic E-state index is -0.200. The summed E-state index contributed by atoms with van der Waals surface area (Å²) in [4.78, 5) is 18.6. The molecular formula is C17H24N6O. The SMILES string of the molecule is C[C@@H](NC(=O)c1ccc(N(C)C)nc1)c1nncn1C1CCCC1. The Morgan fingerprint density at radius 3 is 2.71 bits per heavy atom. The number of carbonyl (C=O) groups excluding carboxylic acids is 1. The molecule has 0 spiro atoms. The molecule has 7 heteroatoms. The monoisotopic (exact) mass is 328 g/mol. The van der Waals surface area contributed by atoms with E-state index in [2.05, 4.69) is 25.1 Å². The highest BCUT2D eigenvalue weighted by molar-refractivity contribution is 5.94. The van der Waals surface area contributed by atoms with Crippen molar-refractivity contribution >= 4 is 11.7 Å². The van der Waals surface area contributed by atoms with Crippen molar-refractivity contribution in [3.8, 4) is 0 Å². The first kappa shape index (κ1) is 16.4. The predicted octanol–water partition coefficient (Wildman–Crippen LogP) is 2.35. The Hall–Kier alpha value is -2.44. The lowest BCUT2D eigenvalue weighted by atomic mass is 10.2. The molecule has 0 bridgehead atoms. The molecule has 2 heterocycles. The average Bonchev–Trinajstić information content (AvgIpc) is 3.25. The van der Waals surface area contributed by atoms with E-state index in [1.165, 1.54) is 12.8 Å². The number of nitrogens with zero attached hydrogens (tertiary/aromatic N) is 5. The van der Waals surface area contributed by atoms with Gasteiger partial charge in [0.25, 0.3) is 5.91 Å². The van der Waals surface area contributed by atoms with Crippen LogP contribution in [0.3, 0.4) is 0 Å². The molecule has 1 saturated carbocycles. The number of pyridine rings is 1. The topological polar surface area (TPSA) is 75.9 Å². The fourth-order valence-electron chi connectivity index (χ4n) is 3.15. The summed E-state index contributed by atoms with van der Waals surface area (Å²) in [5, 5.41) is 11.3. The second-order valence-electron chi connectivity index (χ2n) is 6.53. The molecule has 0 unspecified atom stereocenters. The van der Waals surface area contributed by atoms with Crippen molar-refractivity contribution < 1.29 is 4.79 Å². The number of aromatic nitrogens is 4. The van der Waals surface area contributed by atoms with Gasteiger partial charge in [-0.2, -0.15) is 0 Å². The quantitative estimate of drug-likeness (QED) is 0.912. The van der Waals surface area contributed by atoms with Crippen LogP contribution >= 0.6 is 0 Å². The van der Waals surface area contributed by atoms with E-state index in [1.807, 2.05) is 32.0 Å². The third-order valence-electron chi connectivity index (χ3n) is 4.52. The molecule has 1 N–H and O–H groups in total. The lowest BCUT2D eigenvalue weighted by molar-refractivity contribution is 0.0937. The van der Waals surface area contributed by atoms with E-state index in [-0.39, 0.29) is 11.9 Å². The van der Waals surface area contributed by atoms with Gasteiger partial charge in [-0.3, -0.25) is 4.79 Å². The molecule has 0 saturated heterocycles. The molecule has 1 atom stereocenters. The molecule has 1 amide bonds. The molecule has 0 aromatic carbocycles. The number of carbonyl (C=O) groups is 1. The second kappa shape index (κ2) is 6.98. The summed E-state index contributed by atoms with van der Waals surface area (Å²) in [5.74, 6) is 1.48. The van der Waals surface area contributed by atoms with Crippen molar-refractivity contribution in [2.45, 2.75) is 44.7 Å². The van der Waals surface area contributed by atoms with Crippen molar-refractivity contribution in [1.82, 2.24) is 25.1 Å². The number of rotatable bonds is 5. The zero-order chi connectivity index (χ0) is 17.1. The molecule has 2 aromatic heterocycles. The fourth-order valence-corrected chi connectivity index (χ4v) is 3.15. The molecule has 0 aliphatic heterocycles. The van der Waals surface area contributed by atoms with Crippen LogP contribution in [0, 0.1) is 0 Å². The highest BCUT2D eigenvalue weighted by Gasteiger charge is 2.23. The second-order valence-corrected chi connectivity index (χ2v) is 6.53. The van der Waals surface area contributed by atoms with E-state index in [9.17, 15) is 4.79 Å². The van der Waals surface area contributed by atoms with Gasteiger partial charge in [-0.05, 0) is 31.9 Å².